The minimum Gasteiger partial charge on any atom is -0.369 e. The fraction of sp³-hybridized carbons (Fsp3) is 0.333. The van der Waals surface area contributed by atoms with E-state index >= 15 is 0 Å². The van der Waals surface area contributed by atoms with Crippen molar-refractivity contribution in [2.75, 3.05) is 44.2 Å². The molecule has 1 atom stereocenters. The van der Waals surface area contributed by atoms with Crippen LogP contribution in [0.5, 0.6) is 0 Å². The lowest BCUT2D eigenvalue weighted by Gasteiger charge is -2.36. The highest BCUT2D eigenvalue weighted by molar-refractivity contribution is 6.05. The van der Waals surface area contributed by atoms with Gasteiger partial charge in [-0.1, -0.05) is 53.7 Å². The number of rotatable bonds is 6. The van der Waals surface area contributed by atoms with Crippen LogP contribution in [0.4, 0.5) is 5.69 Å². The highest BCUT2D eigenvalue weighted by Crippen LogP contribution is 2.21. The molecular weight excluding hydrogens is 418 g/mol. The molecule has 0 bridgehead atoms. The van der Waals surface area contributed by atoms with E-state index in [9.17, 15) is 9.59 Å². The summed E-state index contributed by atoms with van der Waals surface area (Å²) in [6.45, 7) is 5.48. The summed E-state index contributed by atoms with van der Waals surface area (Å²) in [5.41, 5.74) is 2.53. The predicted molar refractivity (Wildman–Crippen MR) is 124 cm³/mol. The monoisotopic (exact) mass is 445 g/mol. The topological polar surface area (TPSA) is 95.4 Å². The number of carbonyl (C=O) groups excluding carboxylic acids is 2. The Hall–Kier alpha value is -3.72. The summed E-state index contributed by atoms with van der Waals surface area (Å²) in [7, 11) is 0. The van der Waals surface area contributed by atoms with Gasteiger partial charge in [-0.15, -0.1) is 5.10 Å². The number of hydrogen-bond acceptors (Lipinski definition) is 6. The average Bonchev–Trinajstić information content (AvgIpc) is 3.30. The Kier molecular flexibility index (Phi) is 6.03. The third-order valence-electron chi connectivity index (χ3n) is 6.24. The van der Waals surface area contributed by atoms with Gasteiger partial charge in [0.15, 0.2) is 11.4 Å². The van der Waals surface area contributed by atoms with E-state index in [0.717, 1.165) is 38.3 Å². The van der Waals surface area contributed by atoms with Gasteiger partial charge in [-0.2, -0.15) is 0 Å². The van der Waals surface area contributed by atoms with Crippen LogP contribution in [0.15, 0.2) is 60.7 Å². The normalized spacial score (nSPS) is 18.5. The molecule has 5 rings (SSSR count). The first-order valence-corrected chi connectivity index (χ1v) is 11.3. The molecule has 9 heteroatoms. The first kappa shape index (κ1) is 21.1. The Morgan fingerprint density at radius 3 is 2.42 bits per heavy atom. The zero-order valence-electron chi connectivity index (χ0n) is 18.4. The summed E-state index contributed by atoms with van der Waals surface area (Å²) in [6, 6.07) is 19.9. The summed E-state index contributed by atoms with van der Waals surface area (Å²) in [5, 5.41) is 13.9. The molecule has 1 aromatic heterocycles. The van der Waals surface area contributed by atoms with Crippen molar-refractivity contribution in [3.05, 3.63) is 77.6 Å². The van der Waals surface area contributed by atoms with Gasteiger partial charge in [-0.25, -0.2) is 4.68 Å². The third-order valence-corrected chi connectivity index (χ3v) is 6.24. The largest absolute Gasteiger partial charge is 0.369 e. The van der Waals surface area contributed by atoms with E-state index < -0.39 is 0 Å². The van der Waals surface area contributed by atoms with Gasteiger partial charge in [0.25, 0.3) is 11.8 Å². The van der Waals surface area contributed by atoms with Crippen LogP contribution < -0.4 is 15.5 Å². The Labute approximate surface area is 192 Å². The van der Waals surface area contributed by atoms with E-state index in [0.29, 0.717) is 13.1 Å². The van der Waals surface area contributed by atoms with Gasteiger partial charge in [-0.3, -0.25) is 14.5 Å². The van der Waals surface area contributed by atoms with Crippen LogP contribution in [-0.4, -0.2) is 71.0 Å². The van der Waals surface area contributed by atoms with Gasteiger partial charge >= 0.3 is 0 Å². The number of carbonyl (C=O) groups is 2. The number of para-hydroxylation sites is 1. The maximum Gasteiger partial charge on any atom is 0.274 e. The van der Waals surface area contributed by atoms with Crippen LogP contribution in [0.25, 0.3) is 0 Å². The average molecular weight is 446 g/mol. The van der Waals surface area contributed by atoms with Gasteiger partial charge in [0.05, 0.1) is 12.6 Å². The zero-order valence-corrected chi connectivity index (χ0v) is 18.4. The van der Waals surface area contributed by atoms with Gasteiger partial charge in [-0.05, 0) is 17.7 Å². The summed E-state index contributed by atoms with van der Waals surface area (Å²) in [5.74, 6) is -0.699. The minimum absolute atomic E-state index is 0.0768. The van der Waals surface area contributed by atoms with Crippen LogP contribution in [-0.2, 0) is 6.54 Å². The maximum absolute atomic E-state index is 12.7. The Morgan fingerprint density at radius 2 is 1.70 bits per heavy atom. The summed E-state index contributed by atoms with van der Waals surface area (Å²) < 4.78 is 1.52. The Balaban J connectivity index is 1.13. The number of nitrogens with one attached hydrogen (secondary N) is 2. The summed E-state index contributed by atoms with van der Waals surface area (Å²) in [4.78, 5) is 30.1. The van der Waals surface area contributed by atoms with Gasteiger partial charge in [0.2, 0.25) is 0 Å². The number of hydrogen-bond donors (Lipinski definition) is 2. The van der Waals surface area contributed by atoms with Crippen molar-refractivity contribution in [2.24, 2.45) is 0 Å². The molecule has 3 aromatic rings. The van der Waals surface area contributed by atoms with Gasteiger partial charge in [0.1, 0.15) is 0 Å². The molecule has 0 aliphatic carbocycles. The number of benzene rings is 2. The Bertz CT molecular complexity index is 1110. The van der Waals surface area contributed by atoms with Crippen LogP contribution in [0, 0.1) is 0 Å². The van der Waals surface area contributed by atoms with E-state index in [1.165, 1.54) is 10.4 Å². The number of piperazine rings is 1. The van der Waals surface area contributed by atoms with Crippen molar-refractivity contribution in [1.82, 2.24) is 30.5 Å². The molecule has 1 unspecified atom stereocenters. The number of amides is 2. The third kappa shape index (κ3) is 4.58. The Morgan fingerprint density at radius 1 is 1.00 bits per heavy atom. The van der Waals surface area contributed by atoms with Crippen molar-refractivity contribution >= 4 is 17.5 Å². The molecule has 0 spiro atoms. The van der Waals surface area contributed by atoms with Crippen molar-refractivity contribution in [3.8, 4) is 0 Å². The molecule has 0 radical (unpaired) electrons. The maximum atomic E-state index is 12.7. The number of anilines is 1. The second-order valence-electron chi connectivity index (χ2n) is 8.33. The molecule has 2 N–H and O–H groups in total. The molecule has 0 saturated carbocycles. The molecular formula is C24H27N7O2. The van der Waals surface area contributed by atoms with E-state index in [1.807, 2.05) is 36.4 Å². The highest BCUT2D eigenvalue weighted by Gasteiger charge is 2.32. The first-order chi connectivity index (χ1) is 16.2. The summed E-state index contributed by atoms with van der Waals surface area (Å²) in [6.07, 6.45) is 0. The quantitative estimate of drug-likeness (QED) is 0.594. The number of nitrogens with zero attached hydrogens (tertiary/aromatic N) is 5. The van der Waals surface area contributed by atoms with Gasteiger partial charge < -0.3 is 15.5 Å². The van der Waals surface area contributed by atoms with Crippen molar-refractivity contribution in [1.29, 1.82) is 0 Å². The molecule has 2 aliphatic rings. The SMILES string of the molecule is O=C(NCCN1CCN(c2ccccc2)CC1)c1nnn2c1C(=O)NC(c1ccccc1)C2. The molecule has 1 fully saturated rings. The van der Waals surface area contributed by atoms with Crippen molar-refractivity contribution < 1.29 is 9.59 Å². The lowest BCUT2D eigenvalue weighted by Crippen LogP contribution is -2.48. The van der Waals surface area contributed by atoms with Crippen molar-refractivity contribution in [3.63, 3.8) is 0 Å². The second-order valence-corrected chi connectivity index (χ2v) is 8.33. The molecule has 1 saturated heterocycles. The molecule has 33 heavy (non-hydrogen) atoms. The van der Waals surface area contributed by atoms with E-state index in [4.69, 9.17) is 0 Å². The van der Waals surface area contributed by atoms with E-state index in [1.54, 1.807) is 0 Å². The molecule has 170 valence electrons. The lowest BCUT2D eigenvalue weighted by atomic mass is 10.0. The van der Waals surface area contributed by atoms with Crippen LogP contribution >= 0.6 is 0 Å². The van der Waals surface area contributed by atoms with Gasteiger partial charge in [0, 0.05) is 45.0 Å². The smallest absolute Gasteiger partial charge is 0.274 e. The predicted octanol–water partition coefficient (Wildman–Crippen LogP) is 1.31. The van der Waals surface area contributed by atoms with Crippen LogP contribution in [0.2, 0.25) is 0 Å². The molecule has 2 aromatic carbocycles. The molecule has 3 heterocycles. The fourth-order valence-corrected chi connectivity index (χ4v) is 4.42. The fourth-order valence-electron chi connectivity index (χ4n) is 4.42. The summed E-state index contributed by atoms with van der Waals surface area (Å²) >= 11 is 0. The first-order valence-electron chi connectivity index (χ1n) is 11.3. The second kappa shape index (κ2) is 9.41. The van der Waals surface area contributed by atoms with E-state index in [2.05, 4.69) is 55.0 Å². The van der Waals surface area contributed by atoms with Crippen molar-refractivity contribution in [2.45, 2.75) is 12.6 Å². The van der Waals surface area contributed by atoms with Crippen LogP contribution in [0.1, 0.15) is 32.6 Å². The van der Waals surface area contributed by atoms with Crippen LogP contribution in [0.3, 0.4) is 0 Å². The number of fused-ring (bicyclic) bond motifs is 1. The molecule has 9 nitrogen and oxygen atoms in total. The zero-order chi connectivity index (χ0) is 22.6. The lowest BCUT2D eigenvalue weighted by molar-refractivity contribution is 0.0875. The molecule has 2 amide bonds. The number of aromatic nitrogens is 3. The highest BCUT2D eigenvalue weighted by atomic mass is 16.2. The standard InChI is InChI=1S/C24H27N7O2/c32-23(25-11-12-29-13-15-30(16-14-29)19-9-5-2-6-10-19)21-22-24(33)26-20(17-31(22)28-27-21)18-7-3-1-4-8-18/h1-10,20H,11-17H2,(H,25,32)(H,26,33). The molecule has 2 aliphatic heterocycles. The minimum atomic E-state index is -0.368. The van der Waals surface area contributed by atoms with E-state index in [-0.39, 0.29) is 29.2 Å².